The normalized spacial score (nSPS) is 30.7. The summed E-state index contributed by atoms with van der Waals surface area (Å²) in [5, 5.41) is 0. The Labute approximate surface area is 336 Å². The van der Waals surface area contributed by atoms with Crippen molar-refractivity contribution in [3.05, 3.63) is 0 Å². The van der Waals surface area contributed by atoms with E-state index in [0.717, 1.165) is 0 Å². The molecule has 0 aromatic carbocycles. The summed E-state index contributed by atoms with van der Waals surface area (Å²) in [7, 11) is -34.6. The maximum absolute atomic E-state index is 13.1. The summed E-state index contributed by atoms with van der Waals surface area (Å²) in [5.41, 5.74) is 0. The lowest BCUT2D eigenvalue weighted by Crippen LogP contribution is -2.66. The standard InChI is InChI=1S/C27H76O13Si13/c1-41(2)29-44(7,8)35-50(19,36-45(9,10)30-41)22-25-53(28,26-23-51(20)37-46(11,12)31-42(3,4)32-47(13,14)38-51)27-24-52(21)39-48(15,16)33-43(5,6)34-49(17,18)40-52/h28H,22-27H2,1-21H3. The summed E-state index contributed by atoms with van der Waals surface area (Å²) in [6, 6.07) is 3.71. The van der Waals surface area contributed by atoms with Crippen LogP contribution in [0, 0.1) is 0 Å². The number of hydrogen-bond acceptors (Lipinski definition) is 13. The Hall–Kier alpha value is 2.30. The van der Waals surface area contributed by atoms with Crippen molar-refractivity contribution in [1.82, 2.24) is 0 Å². The smallest absolute Gasteiger partial charge is 0.317 e. The molecule has 13 nitrogen and oxygen atoms in total. The van der Waals surface area contributed by atoms with Crippen LogP contribution in [0.3, 0.4) is 0 Å². The molecular weight excluding hydrogens is 897 g/mol. The first-order chi connectivity index (χ1) is 23.1. The lowest BCUT2D eigenvalue weighted by Gasteiger charge is -2.49. The molecule has 3 aliphatic heterocycles. The summed E-state index contributed by atoms with van der Waals surface area (Å²) < 4.78 is 81.8. The van der Waals surface area contributed by atoms with Gasteiger partial charge in [0, 0.05) is 0 Å². The van der Waals surface area contributed by atoms with Crippen molar-refractivity contribution >= 4 is 111 Å². The minimum atomic E-state index is -3.09. The predicted octanol–water partition coefficient (Wildman–Crippen LogP) is 8.70. The molecule has 0 aliphatic carbocycles. The Morgan fingerprint density at radius 1 is 0.264 bits per heavy atom. The van der Waals surface area contributed by atoms with Crippen LogP contribution in [-0.2, 0) is 49.4 Å². The fourth-order valence-corrected chi connectivity index (χ4v) is 83.1. The van der Waals surface area contributed by atoms with Gasteiger partial charge >= 0.3 is 103 Å². The first-order valence-corrected chi connectivity index (χ1v) is 54.7. The third-order valence-electron chi connectivity index (χ3n) is 8.85. The summed E-state index contributed by atoms with van der Waals surface area (Å²) in [6.07, 6.45) is 0. The Bertz CT molecular complexity index is 1080. The van der Waals surface area contributed by atoms with Gasteiger partial charge in [0.05, 0.1) is 0 Å². The van der Waals surface area contributed by atoms with Crippen LogP contribution in [0.15, 0.2) is 0 Å². The molecular formula is C27H76O13Si13. The number of hydrogen-bond donors (Lipinski definition) is 1. The molecule has 0 amide bonds. The third-order valence-corrected chi connectivity index (χ3v) is 63.1. The molecule has 3 heterocycles. The minimum Gasteiger partial charge on any atom is -0.432 e. The average Bonchev–Trinajstić information content (AvgIpc) is 2.76. The van der Waals surface area contributed by atoms with Gasteiger partial charge in [0.2, 0.25) is 0 Å². The fraction of sp³-hybridized carbons (Fsp3) is 1.00. The molecule has 3 aliphatic rings. The molecule has 1 N–H and O–H groups in total. The maximum Gasteiger partial charge on any atom is 0.317 e. The van der Waals surface area contributed by atoms with Crippen LogP contribution in [0.2, 0.25) is 174 Å². The SMILES string of the molecule is C[Si]1(C)O[Si](C)(C)O[Si](C)(CC[Si](O)(CC[Si]2(C)O[Si](C)(C)O[Si](C)(C)O[Si](C)(C)O2)CC[Si]2(C)O[Si](C)(C)O[Si](C)(C)O[Si](C)(C)O2)O[Si](C)(C)O1. The van der Waals surface area contributed by atoms with E-state index in [1.165, 1.54) is 0 Å². The molecule has 0 radical (unpaired) electrons. The van der Waals surface area contributed by atoms with Crippen molar-refractivity contribution < 1.29 is 54.2 Å². The summed E-state index contributed by atoms with van der Waals surface area (Å²) in [5.74, 6) is 0. The van der Waals surface area contributed by atoms with Gasteiger partial charge in [-0.25, -0.2) is 0 Å². The van der Waals surface area contributed by atoms with E-state index in [0.29, 0.717) is 36.3 Å². The van der Waals surface area contributed by atoms with E-state index in [1.807, 2.05) is 0 Å². The van der Waals surface area contributed by atoms with E-state index in [4.69, 9.17) is 49.4 Å². The monoisotopic (exact) mass is 972 g/mol. The van der Waals surface area contributed by atoms with Crippen LogP contribution in [-0.4, -0.2) is 116 Å². The van der Waals surface area contributed by atoms with Crippen LogP contribution in [0.4, 0.5) is 0 Å². The molecule has 314 valence electrons. The molecule has 3 saturated heterocycles. The molecule has 0 aromatic heterocycles. The Morgan fingerprint density at radius 2 is 0.396 bits per heavy atom. The lowest BCUT2D eigenvalue weighted by atomic mass is 10.9. The molecule has 0 saturated carbocycles. The Morgan fingerprint density at radius 3 is 0.547 bits per heavy atom. The highest BCUT2D eigenvalue weighted by Crippen LogP contribution is 2.41. The second-order valence-corrected chi connectivity index (χ2v) is 67.2. The molecule has 26 heteroatoms. The van der Waals surface area contributed by atoms with E-state index in [9.17, 15) is 4.80 Å². The molecule has 53 heavy (non-hydrogen) atoms. The van der Waals surface area contributed by atoms with Gasteiger partial charge in [-0.15, -0.1) is 0 Å². The van der Waals surface area contributed by atoms with Gasteiger partial charge in [0.15, 0.2) is 8.32 Å². The summed E-state index contributed by atoms with van der Waals surface area (Å²) in [4.78, 5) is 13.1. The first kappa shape index (κ1) is 49.7. The van der Waals surface area contributed by atoms with Gasteiger partial charge in [0.1, 0.15) is 0 Å². The highest BCUT2D eigenvalue weighted by molar-refractivity contribution is 6.96. The highest BCUT2D eigenvalue weighted by Gasteiger charge is 2.57. The molecule has 0 atom stereocenters. The zero-order chi connectivity index (χ0) is 41.2. The molecule has 0 unspecified atom stereocenters. The van der Waals surface area contributed by atoms with Crippen LogP contribution >= 0.6 is 0 Å². The van der Waals surface area contributed by atoms with E-state index < -0.39 is 111 Å². The van der Waals surface area contributed by atoms with Gasteiger partial charge < -0.3 is 54.2 Å². The van der Waals surface area contributed by atoms with Crippen molar-refractivity contribution in [3.8, 4) is 0 Å². The molecule has 0 aromatic rings. The van der Waals surface area contributed by atoms with Gasteiger partial charge in [0.25, 0.3) is 0 Å². The minimum absolute atomic E-state index is 0.601. The first-order valence-electron chi connectivity index (χ1n) is 19.2. The molecule has 0 spiro atoms. The van der Waals surface area contributed by atoms with E-state index >= 15 is 0 Å². The van der Waals surface area contributed by atoms with Crippen molar-refractivity contribution in [2.24, 2.45) is 0 Å². The zero-order valence-electron chi connectivity index (χ0n) is 37.1. The van der Waals surface area contributed by atoms with Gasteiger partial charge in [-0.3, -0.25) is 0 Å². The molecule has 0 bridgehead atoms. The van der Waals surface area contributed by atoms with Crippen LogP contribution < -0.4 is 0 Å². The van der Waals surface area contributed by atoms with E-state index in [-0.39, 0.29) is 0 Å². The van der Waals surface area contributed by atoms with Crippen molar-refractivity contribution in [1.29, 1.82) is 0 Å². The van der Waals surface area contributed by atoms with Crippen molar-refractivity contribution in [2.45, 2.75) is 174 Å². The zero-order valence-corrected chi connectivity index (χ0v) is 50.1. The topological polar surface area (TPSA) is 131 Å². The highest BCUT2D eigenvalue weighted by atomic mass is 28.5. The third kappa shape index (κ3) is 16.4. The Kier molecular flexibility index (Phi) is 15.0. The van der Waals surface area contributed by atoms with Gasteiger partial charge in [-0.2, -0.15) is 0 Å². The summed E-state index contributed by atoms with van der Waals surface area (Å²) >= 11 is 0. The number of rotatable bonds is 9. The second-order valence-electron chi connectivity index (χ2n) is 19.9. The van der Waals surface area contributed by atoms with Gasteiger partial charge in [-0.05, 0) is 174 Å². The Balaban J connectivity index is 1.98. The van der Waals surface area contributed by atoms with Crippen LogP contribution in [0.1, 0.15) is 0 Å². The van der Waals surface area contributed by atoms with Crippen molar-refractivity contribution in [2.75, 3.05) is 0 Å². The van der Waals surface area contributed by atoms with Crippen LogP contribution in [0.25, 0.3) is 0 Å². The van der Waals surface area contributed by atoms with Crippen LogP contribution in [0.5, 0.6) is 0 Å². The summed E-state index contributed by atoms with van der Waals surface area (Å²) in [6.45, 7) is 43.9. The molecule has 3 fully saturated rings. The van der Waals surface area contributed by atoms with E-state index in [2.05, 4.69) is 137 Å². The van der Waals surface area contributed by atoms with Gasteiger partial charge in [-0.1, -0.05) is 0 Å². The quantitative estimate of drug-likeness (QED) is 0.222. The van der Waals surface area contributed by atoms with E-state index in [1.54, 1.807) is 0 Å². The maximum atomic E-state index is 13.1. The second kappa shape index (κ2) is 16.0. The van der Waals surface area contributed by atoms with Crippen molar-refractivity contribution in [3.63, 3.8) is 0 Å². The predicted molar refractivity (Wildman–Crippen MR) is 242 cm³/mol. The average molecular weight is 974 g/mol. The fourth-order valence-electron chi connectivity index (χ4n) is 8.98. The molecule has 3 rings (SSSR count). The largest absolute Gasteiger partial charge is 0.432 e. The lowest BCUT2D eigenvalue weighted by molar-refractivity contribution is 0.233.